The Hall–Kier alpha value is -0.610. The molecule has 2 fully saturated rings. The first-order valence-corrected chi connectivity index (χ1v) is 7.46. The molecule has 1 aliphatic carbocycles. The van der Waals surface area contributed by atoms with Crippen LogP contribution in [0.3, 0.4) is 0 Å². The lowest BCUT2D eigenvalue weighted by atomic mass is 9.93. The number of carbonyl (C=O) groups is 1. The quantitative estimate of drug-likeness (QED) is 0.745. The summed E-state index contributed by atoms with van der Waals surface area (Å²) in [6, 6.07) is 0.698. The fraction of sp³-hybridized carbons (Fsp3) is 0.929. The van der Waals surface area contributed by atoms with Gasteiger partial charge in [-0.1, -0.05) is 13.3 Å². The van der Waals surface area contributed by atoms with Gasteiger partial charge in [0, 0.05) is 25.0 Å². The monoisotopic (exact) mass is 253 g/mol. The fourth-order valence-electron chi connectivity index (χ4n) is 2.82. The Bertz CT molecular complexity index is 270. The fourth-order valence-corrected chi connectivity index (χ4v) is 2.82. The molecule has 1 unspecified atom stereocenters. The summed E-state index contributed by atoms with van der Waals surface area (Å²) in [5.74, 6) is 1.06. The van der Waals surface area contributed by atoms with Crippen molar-refractivity contribution in [2.45, 2.75) is 57.5 Å². The van der Waals surface area contributed by atoms with Gasteiger partial charge in [-0.15, -0.1) is 0 Å². The van der Waals surface area contributed by atoms with Crippen LogP contribution in [0, 0.1) is 5.92 Å². The lowest BCUT2D eigenvalue weighted by molar-refractivity contribution is -0.122. The average molecular weight is 253 g/mol. The van der Waals surface area contributed by atoms with Gasteiger partial charge in [-0.05, 0) is 44.7 Å². The van der Waals surface area contributed by atoms with Gasteiger partial charge < -0.3 is 11.1 Å². The highest BCUT2D eigenvalue weighted by molar-refractivity contribution is 5.77. The third-order valence-electron chi connectivity index (χ3n) is 4.38. The second-order valence-corrected chi connectivity index (χ2v) is 5.82. The van der Waals surface area contributed by atoms with Crippen molar-refractivity contribution in [1.29, 1.82) is 0 Å². The third kappa shape index (κ3) is 3.95. The van der Waals surface area contributed by atoms with Crippen LogP contribution < -0.4 is 11.1 Å². The molecule has 18 heavy (non-hydrogen) atoms. The summed E-state index contributed by atoms with van der Waals surface area (Å²) in [4.78, 5) is 14.2. The highest BCUT2D eigenvalue weighted by Crippen LogP contribution is 2.23. The molecule has 104 valence electrons. The van der Waals surface area contributed by atoms with Crippen molar-refractivity contribution in [3.05, 3.63) is 0 Å². The summed E-state index contributed by atoms with van der Waals surface area (Å²) < 4.78 is 0. The minimum absolute atomic E-state index is 0.186. The number of rotatable bonds is 6. The first kappa shape index (κ1) is 13.8. The summed E-state index contributed by atoms with van der Waals surface area (Å²) in [5.41, 5.74) is 5.84. The maximum atomic E-state index is 11.8. The van der Waals surface area contributed by atoms with E-state index in [2.05, 4.69) is 17.1 Å². The van der Waals surface area contributed by atoms with Crippen LogP contribution in [0.5, 0.6) is 0 Å². The van der Waals surface area contributed by atoms with Crippen molar-refractivity contribution in [1.82, 2.24) is 10.2 Å². The van der Waals surface area contributed by atoms with Crippen molar-refractivity contribution in [3.63, 3.8) is 0 Å². The number of likely N-dealkylation sites (tertiary alicyclic amines) is 1. The van der Waals surface area contributed by atoms with Crippen LogP contribution in [0.25, 0.3) is 0 Å². The van der Waals surface area contributed by atoms with Crippen LogP contribution in [0.1, 0.15) is 45.4 Å². The predicted molar refractivity (Wildman–Crippen MR) is 73.2 cm³/mol. The van der Waals surface area contributed by atoms with Crippen molar-refractivity contribution < 1.29 is 4.79 Å². The molecule has 0 spiro atoms. The van der Waals surface area contributed by atoms with Gasteiger partial charge >= 0.3 is 0 Å². The van der Waals surface area contributed by atoms with E-state index in [1.807, 2.05) is 0 Å². The van der Waals surface area contributed by atoms with Crippen molar-refractivity contribution in [2.24, 2.45) is 11.7 Å². The zero-order valence-electron chi connectivity index (χ0n) is 11.5. The lowest BCUT2D eigenvalue weighted by Gasteiger charge is -2.36. The van der Waals surface area contributed by atoms with E-state index in [4.69, 9.17) is 5.73 Å². The maximum Gasteiger partial charge on any atom is 0.221 e. The summed E-state index contributed by atoms with van der Waals surface area (Å²) in [7, 11) is 0. The molecule has 0 aromatic carbocycles. The van der Waals surface area contributed by atoms with Crippen LogP contribution in [0.4, 0.5) is 0 Å². The molecule has 3 N–H and O–H groups in total. The Kier molecular flexibility index (Phi) is 5.01. The SMILES string of the molecule is CCC1CCN(C(CN)CC(=O)NC2CC2)CC1. The van der Waals surface area contributed by atoms with Crippen LogP contribution >= 0.6 is 0 Å². The Morgan fingerprint density at radius 3 is 2.50 bits per heavy atom. The number of hydrogen-bond donors (Lipinski definition) is 2. The number of carbonyl (C=O) groups excluding carboxylic acids is 1. The molecule has 0 radical (unpaired) electrons. The number of hydrogen-bond acceptors (Lipinski definition) is 3. The second kappa shape index (κ2) is 6.53. The van der Waals surface area contributed by atoms with Crippen LogP contribution in [-0.2, 0) is 4.79 Å². The average Bonchev–Trinajstić information content (AvgIpc) is 3.20. The van der Waals surface area contributed by atoms with Gasteiger partial charge in [-0.25, -0.2) is 0 Å². The predicted octanol–water partition coefficient (Wildman–Crippen LogP) is 1.10. The van der Waals surface area contributed by atoms with E-state index >= 15 is 0 Å². The highest BCUT2D eigenvalue weighted by Gasteiger charge is 2.28. The smallest absolute Gasteiger partial charge is 0.221 e. The molecular formula is C14H27N3O. The van der Waals surface area contributed by atoms with Crippen molar-refractivity contribution >= 4 is 5.91 Å². The minimum atomic E-state index is 0.186. The molecule has 4 nitrogen and oxygen atoms in total. The summed E-state index contributed by atoms with van der Waals surface area (Å²) in [6.07, 6.45) is 6.68. The molecule has 4 heteroatoms. The van der Waals surface area contributed by atoms with Crippen molar-refractivity contribution in [3.8, 4) is 0 Å². The topological polar surface area (TPSA) is 58.4 Å². The molecule has 2 rings (SSSR count). The largest absolute Gasteiger partial charge is 0.353 e. The zero-order valence-corrected chi connectivity index (χ0v) is 11.5. The molecule has 1 amide bonds. The van der Waals surface area contributed by atoms with E-state index in [9.17, 15) is 4.79 Å². The van der Waals surface area contributed by atoms with E-state index in [-0.39, 0.29) is 11.9 Å². The zero-order chi connectivity index (χ0) is 13.0. The van der Waals surface area contributed by atoms with Crippen LogP contribution in [0.15, 0.2) is 0 Å². The van der Waals surface area contributed by atoms with Gasteiger partial charge in [0.2, 0.25) is 5.91 Å². The molecule has 1 saturated carbocycles. The van der Waals surface area contributed by atoms with E-state index in [1.54, 1.807) is 0 Å². The van der Waals surface area contributed by atoms with E-state index in [0.29, 0.717) is 19.0 Å². The number of nitrogens with zero attached hydrogens (tertiary/aromatic N) is 1. The van der Waals surface area contributed by atoms with Gasteiger partial charge in [-0.3, -0.25) is 9.69 Å². The summed E-state index contributed by atoms with van der Waals surface area (Å²) in [6.45, 7) is 5.08. The standard InChI is InChI=1S/C14H27N3O/c1-2-11-5-7-17(8-6-11)13(10-15)9-14(18)16-12-3-4-12/h11-13H,2-10,15H2,1H3,(H,16,18). The van der Waals surface area contributed by atoms with Gasteiger partial charge in [0.05, 0.1) is 0 Å². The van der Waals surface area contributed by atoms with Crippen LogP contribution in [-0.4, -0.2) is 42.5 Å². The number of nitrogens with two attached hydrogens (primary N) is 1. The van der Waals surface area contributed by atoms with Gasteiger partial charge in [0.1, 0.15) is 0 Å². The van der Waals surface area contributed by atoms with Gasteiger partial charge in [0.15, 0.2) is 0 Å². The molecule has 1 aliphatic heterocycles. The molecule has 0 aromatic rings. The molecule has 1 heterocycles. The lowest BCUT2D eigenvalue weighted by Crippen LogP contribution is -2.47. The molecule has 0 aromatic heterocycles. The normalized spacial score (nSPS) is 23.9. The Labute approximate surface area is 110 Å². The van der Waals surface area contributed by atoms with Crippen LogP contribution in [0.2, 0.25) is 0 Å². The Morgan fingerprint density at radius 2 is 2.00 bits per heavy atom. The number of nitrogens with one attached hydrogen (secondary N) is 1. The van der Waals surface area contributed by atoms with Gasteiger partial charge in [-0.2, -0.15) is 0 Å². The van der Waals surface area contributed by atoms with E-state index in [1.165, 1.54) is 19.3 Å². The number of piperidine rings is 1. The molecular weight excluding hydrogens is 226 g/mol. The summed E-state index contributed by atoms with van der Waals surface area (Å²) >= 11 is 0. The third-order valence-corrected chi connectivity index (χ3v) is 4.38. The van der Waals surface area contributed by atoms with Gasteiger partial charge in [0.25, 0.3) is 0 Å². The first-order chi connectivity index (χ1) is 8.72. The van der Waals surface area contributed by atoms with E-state index < -0.39 is 0 Å². The summed E-state index contributed by atoms with van der Waals surface area (Å²) in [5, 5.41) is 3.06. The highest BCUT2D eigenvalue weighted by atomic mass is 16.1. The number of amides is 1. The molecule has 1 saturated heterocycles. The Balaban J connectivity index is 1.75. The first-order valence-electron chi connectivity index (χ1n) is 7.46. The van der Waals surface area contributed by atoms with E-state index in [0.717, 1.165) is 31.8 Å². The molecule has 0 bridgehead atoms. The molecule has 2 aliphatic rings. The minimum Gasteiger partial charge on any atom is -0.353 e. The molecule has 1 atom stereocenters. The second-order valence-electron chi connectivity index (χ2n) is 5.82. The maximum absolute atomic E-state index is 11.8. The Morgan fingerprint density at radius 1 is 1.33 bits per heavy atom. The van der Waals surface area contributed by atoms with Crippen molar-refractivity contribution in [2.75, 3.05) is 19.6 Å².